The van der Waals surface area contributed by atoms with E-state index < -0.39 is 6.04 Å². The van der Waals surface area contributed by atoms with Gasteiger partial charge in [-0.1, -0.05) is 75.6 Å². The molecule has 33 heavy (non-hydrogen) atoms. The van der Waals surface area contributed by atoms with Gasteiger partial charge >= 0.3 is 0 Å². The number of hydrogen-bond donors (Lipinski definition) is 1. The highest BCUT2D eigenvalue weighted by Gasteiger charge is 2.30. The molecule has 1 fully saturated rings. The van der Waals surface area contributed by atoms with Gasteiger partial charge in [0.15, 0.2) is 6.61 Å². The Hall–Kier alpha value is -2.82. The Kier molecular flexibility index (Phi) is 9.79. The van der Waals surface area contributed by atoms with E-state index in [0.717, 1.165) is 37.7 Å². The van der Waals surface area contributed by atoms with E-state index in [9.17, 15) is 9.59 Å². The van der Waals surface area contributed by atoms with Crippen molar-refractivity contribution in [3.05, 3.63) is 65.7 Å². The Morgan fingerprint density at radius 2 is 1.67 bits per heavy atom. The van der Waals surface area contributed by atoms with Crippen molar-refractivity contribution in [1.82, 2.24) is 10.2 Å². The number of benzene rings is 2. The fourth-order valence-corrected chi connectivity index (χ4v) is 4.49. The Morgan fingerprint density at radius 3 is 2.30 bits per heavy atom. The molecule has 0 radical (unpaired) electrons. The fraction of sp³-hybridized carbons (Fsp3) is 0.500. The zero-order valence-electron chi connectivity index (χ0n) is 20.1. The topological polar surface area (TPSA) is 58.6 Å². The first-order valence-corrected chi connectivity index (χ1v) is 12.5. The SMILES string of the molecule is CCc1ccc(OCC(=O)N(CCc2ccccc2)C(CC)C(=O)NC2CCCCC2)cc1. The average Bonchev–Trinajstić information content (AvgIpc) is 2.86. The number of hydrogen-bond acceptors (Lipinski definition) is 3. The lowest BCUT2D eigenvalue weighted by molar-refractivity contribution is -0.142. The minimum Gasteiger partial charge on any atom is -0.484 e. The lowest BCUT2D eigenvalue weighted by atomic mass is 9.95. The van der Waals surface area contributed by atoms with Crippen LogP contribution in [-0.2, 0) is 22.4 Å². The minimum absolute atomic E-state index is 0.0434. The number of carbonyl (C=O) groups is 2. The molecule has 5 nitrogen and oxygen atoms in total. The summed E-state index contributed by atoms with van der Waals surface area (Å²) in [6, 6.07) is 17.6. The molecule has 0 heterocycles. The average molecular weight is 451 g/mol. The van der Waals surface area contributed by atoms with Gasteiger partial charge in [-0.05, 0) is 55.4 Å². The third kappa shape index (κ3) is 7.62. The second-order valence-electron chi connectivity index (χ2n) is 8.88. The number of amides is 2. The fourth-order valence-electron chi connectivity index (χ4n) is 4.49. The maximum atomic E-state index is 13.3. The molecule has 1 atom stereocenters. The van der Waals surface area contributed by atoms with E-state index in [-0.39, 0.29) is 24.5 Å². The predicted octanol–water partition coefficient (Wildman–Crippen LogP) is 4.93. The maximum Gasteiger partial charge on any atom is 0.261 e. The van der Waals surface area contributed by atoms with Gasteiger partial charge in [0, 0.05) is 12.6 Å². The first-order chi connectivity index (χ1) is 16.1. The van der Waals surface area contributed by atoms with Gasteiger partial charge in [0.2, 0.25) is 5.91 Å². The molecule has 1 unspecified atom stereocenters. The minimum atomic E-state index is -0.491. The third-order valence-corrected chi connectivity index (χ3v) is 6.52. The van der Waals surface area contributed by atoms with Crippen molar-refractivity contribution in [2.75, 3.05) is 13.2 Å². The Balaban J connectivity index is 1.68. The zero-order valence-corrected chi connectivity index (χ0v) is 20.1. The predicted molar refractivity (Wildman–Crippen MR) is 132 cm³/mol. The molecule has 2 amide bonds. The normalized spacial score (nSPS) is 15.0. The van der Waals surface area contributed by atoms with E-state index in [1.165, 1.54) is 12.0 Å². The summed E-state index contributed by atoms with van der Waals surface area (Å²) in [5, 5.41) is 3.22. The molecule has 0 spiro atoms. The molecular formula is C28H38N2O3. The van der Waals surface area contributed by atoms with Crippen molar-refractivity contribution in [2.45, 2.75) is 77.3 Å². The van der Waals surface area contributed by atoms with E-state index in [4.69, 9.17) is 4.74 Å². The highest BCUT2D eigenvalue weighted by molar-refractivity contribution is 5.88. The van der Waals surface area contributed by atoms with E-state index in [1.54, 1.807) is 4.90 Å². The number of aryl methyl sites for hydroxylation is 1. The maximum absolute atomic E-state index is 13.3. The van der Waals surface area contributed by atoms with Gasteiger partial charge in [-0.15, -0.1) is 0 Å². The second kappa shape index (κ2) is 13.0. The number of carbonyl (C=O) groups excluding carboxylic acids is 2. The second-order valence-corrected chi connectivity index (χ2v) is 8.88. The van der Waals surface area contributed by atoms with Crippen LogP contribution in [0.15, 0.2) is 54.6 Å². The van der Waals surface area contributed by atoms with Gasteiger partial charge in [-0.25, -0.2) is 0 Å². The number of rotatable bonds is 11. The highest BCUT2D eigenvalue weighted by Crippen LogP contribution is 2.19. The van der Waals surface area contributed by atoms with Gasteiger partial charge < -0.3 is 15.0 Å². The van der Waals surface area contributed by atoms with Gasteiger partial charge in [-0.3, -0.25) is 9.59 Å². The van der Waals surface area contributed by atoms with Crippen molar-refractivity contribution < 1.29 is 14.3 Å². The first-order valence-electron chi connectivity index (χ1n) is 12.5. The summed E-state index contributed by atoms with van der Waals surface area (Å²) in [5.74, 6) is 0.470. The van der Waals surface area contributed by atoms with Crippen LogP contribution in [0.25, 0.3) is 0 Å². The van der Waals surface area contributed by atoms with E-state index in [1.807, 2.05) is 49.4 Å². The molecule has 1 aliphatic rings. The number of ether oxygens (including phenoxy) is 1. The molecule has 5 heteroatoms. The number of nitrogens with zero attached hydrogens (tertiary/aromatic N) is 1. The standard InChI is InChI=1S/C28H38N2O3/c1-3-22-15-17-25(18-16-22)33-21-27(31)30(20-19-23-11-7-5-8-12-23)26(4-2)28(32)29-24-13-9-6-10-14-24/h5,7-8,11-12,15-18,24,26H,3-4,6,9-10,13-14,19-21H2,1-2H3,(H,29,32). The van der Waals surface area contributed by atoms with Crippen LogP contribution in [0.1, 0.15) is 63.5 Å². The van der Waals surface area contributed by atoms with Crippen LogP contribution >= 0.6 is 0 Å². The summed E-state index contributed by atoms with van der Waals surface area (Å²) < 4.78 is 5.80. The molecule has 1 saturated carbocycles. The molecule has 0 aromatic heterocycles. The highest BCUT2D eigenvalue weighted by atomic mass is 16.5. The van der Waals surface area contributed by atoms with E-state index >= 15 is 0 Å². The quantitative estimate of drug-likeness (QED) is 0.528. The van der Waals surface area contributed by atoms with Crippen LogP contribution in [0.3, 0.4) is 0 Å². The summed E-state index contributed by atoms with van der Waals surface area (Å²) in [6.45, 7) is 4.48. The summed E-state index contributed by atoms with van der Waals surface area (Å²) in [7, 11) is 0. The van der Waals surface area contributed by atoms with Crippen molar-refractivity contribution in [3.63, 3.8) is 0 Å². The van der Waals surface area contributed by atoms with Crippen molar-refractivity contribution in [3.8, 4) is 5.75 Å². The monoisotopic (exact) mass is 450 g/mol. The Labute approximate surface area is 198 Å². The molecule has 178 valence electrons. The number of nitrogens with one attached hydrogen (secondary N) is 1. The van der Waals surface area contributed by atoms with Gasteiger partial charge in [0.05, 0.1) is 0 Å². The van der Waals surface area contributed by atoms with E-state index in [0.29, 0.717) is 25.1 Å². The third-order valence-electron chi connectivity index (χ3n) is 6.52. The van der Waals surface area contributed by atoms with Crippen LogP contribution in [0.4, 0.5) is 0 Å². The van der Waals surface area contributed by atoms with Crippen LogP contribution in [-0.4, -0.2) is 41.9 Å². The van der Waals surface area contributed by atoms with Gasteiger partial charge in [-0.2, -0.15) is 0 Å². The summed E-state index contributed by atoms with van der Waals surface area (Å²) in [4.78, 5) is 28.2. The summed E-state index contributed by atoms with van der Waals surface area (Å²) in [5.41, 5.74) is 2.37. The summed E-state index contributed by atoms with van der Waals surface area (Å²) in [6.07, 6.45) is 7.83. The molecule has 0 aliphatic heterocycles. The zero-order chi connectivity index (χ0) is 23.5. The molecule has 2 aromatic rings. The molecule has 2 aromatic carbocycles. The van der Waals surface area contributed by atoms with Crippen molar-refractivity contribution >= 4 is 11.8 Å². The molecule has 3 rings (SSSR count). The van der Waals surface area contributed by atoms with Crippen molar-refractivity contribution in [2.24, 2.45) is 0 Å². The molecule has 1 N–H and O–H groups in total. The van der Waals surface area contributed by atoms with Gasteiger partial charge in [0.1, 0.15) is 11.8 Å². The van der Waals surface area contributed by atoms with E-state index in [2.05, 4.69) is 24.4 Å². The molecule has 1 aliphatic carbocycles. The first kappa shape index (κ1) is 24.8. The largest absolute Gasteiger partial charge is 0.484 e. The molecule has 0 saturated heterocycles. The van der Waals surface area contributed by atoms with Crippen LogP contribution in [0.2, 0.25) is 0 Å². The van der Waals surface area contributed by atoms with Crippen molar-refractivity contribution in [1.29, 1.82) is 0 Å². The lowest BCUT2D eigenvalue weighted by Crippen LogP contribution is -2.53. The molecular weight excluding hydrogens is 412 g/mol. The molecule has 0 bridgehead atoms. The lowest BCUT2D eigenvalue weighted by Gasteiger charge is -2.32. The Bertz CT molecular complexity index is 860. The smallest absolute Gasteiger partial charge is 0.261 e. The van der Waals surface area contributed by atoms with Crippen LogP contribution in [0, 0.1) is 0 Å². The van der Waals surface area contributed by atoms with Crippen LogP contribution < -0.4 is 10.1 Å². The van der Waals surface area contributed by atoms with Gasteiger partial charge in [0.25, 0.3) is 5.91 Å². The van der Waals surface area contributed by atoms with Crippen LogP contribution in [0.5, 0.6) is 5.75 Å². The Morgan fingerprint density at radius 1 is 0.970 bits per heavy atom. The summed E-state index contributed by atoms with van der Waals surface area (Å²) >= 11 is 0.